The largest absolute Gasteiger partial charge is 0.384 e. The van der Waals surface area contributed by atoms with Gasteiger partial charge in [0, 0.05) is 12.2 Å². The molecule has 0 radical (unpaired) electrons. The molecule has 1 unspecified atom stereocenters. The molecule has 0 aliphatic rings. The standard InChI is InChI=1S/C13H21FN2/c1-9(2)11(7-15)8-16-13-6-12(14)5-4-10(13)3/h4-6,9,11,16H,7-8,15H2,1-3H3. The number of hydrogen-bond acceptors (Lipinski definition) is 2. The maximum Gasteiger partial charge on any atom is 0.125 e. The molecule has 0 bridgehead atoms. The van der Waals surface area contributed by atoms with Gasteiger partial charge < -0.3 is 11.1 Å². The molecule has 0 aromatic heterocycles. The minimum atomic E-state index is -0.207. The number of nitrogens with two attached hydrogens (primary N) is 1. The van der Waals surface area contributed by atoms with E-state index in [1.54, 1.807) is 6.07 Å². The predicted octanol–water partition coefficient (Wildman–Crippen LogP) is 2.78. The quantitative estimate of drug-likeness (QED) is 0.807. The van der Waals surface area contributed by atoms with Crippen LogP contribution >= 0.6 is 0 Å². The summed E-state index contributed by atoms with van der Waals surface area (Å²) < 4.78 is 13.0. The average molecular weight is 224 g/mol. The normalized spacial score (nSPS) is 12.9. The zero-order valence-corrected chi connectivity index (χ0v) is 10.3. The first-order chi connectivity index (χ1) is 7.54. The van der Waals surface area contributed by atoms with Gasteiger partial charge in [-0.1, -0.05) is 19.9 Å². The van der Waals surface area contributed by atoms with Crippen molar-refractivity contribution in [1.29, 1.82) is 0 Å². The van der Waals surface area contributed by atoms with Crippen molar-refractivity contribution in [2.24, 2.45) is 17.6 Å². The monoisotopic (exact) mass is 224 g/mol. The predicted molar refractivity (Wildman–Crippen MR) is 67.0 cm³/mol. The number of anilines is 1. The summed E-state index contributed by atoms with van der Waals surface area (Å²) in [7, 11) is 0. The highest BCUT2D eigenvalue weighted by atomic mass is 19.1. The Bertz CT molecular complexity index is 337. The van der Waals surface area contributed by atoms with Crippen LogP contribution in [0.4, 0.5) is 10.1 Å². The van der Waals surface area contributed by atoms with E-state index in [4.69, 9.17) is 5.73 Å². The molecule has 1 aromatic rings. The zero-order chi connectivity index (χ0) is 12.1. The van der Waals surface area contributed by atoms with Crippen molar-refractivity contribution in [3.05, 3.63) is 29.6 Å². The minimum absolute atomic E-state index is 0.207. The summed E-state index contributed by atoms with van der Waals surface area (Å²) in [6.07, 6.45) is 0. The Labute approximate surface area is 97.0 Å². The van der Waals surface area contributed by atoms with Crippen LogP contribution in [0.15, 0.2) is 18.2 Å². The van der Waals surface area contributed by atoms with E-state index < -0.39 is 0 Å². The Morgan fingerprint density at radius 1 is 1.38 bits per heavy atom. The summed E-state index contributed by atoms with van der Waals surface area (Å²) in [4.78, 5) is 0. The second kappa shape index (κ2) is 5.85. The average Bonchev–Trinajstić information content (AvgIpc) is 2.23. The van der Waals surface area contributed by atoms with Gasteiger partial charge in [0.2, 0.25) is 0 Å². The summed E-state index contributed by atoms with van der Waals surface area (Å²) in [6.45, 7) is 7.71. The summed E-state index contributed by atoms with van der Waals surface area (Å²) in [5.41, 5.74) is 7.61. The van der Waals surface area contributed by atoms with Gasteiger partial charge in [0.25, 0.3) is 0 Å². The first-order valence-corrected chi connectivity index (χ1v) is 5.74. The van der Waals surface area contributed by atoms with Crippen LogP contribution in [0.3, 0.4) is 0 Å². The summed E-state index contributed by atoms with van der Waals surface area (Å²) in [5.74, 6) is 0.746. The van der Waals surface area contributed by atoms with Crippen LogP contribution in [0, 0.1) is 24.6 Å². The molecule has 16 heavy (non-hydrogen) atoms. The van der Waals surface area contributed by atoms with Crippen LogP contribution in [0.25, 0.3) is 0 Å². The molecule has 0 saturated heterocycles. The van der Waals surface area contributed by atoms with E-state index >= 15 is 0 Å². The van der Waals surface area contributed by atoms with Crippen molar-refractivity contribution < 1.29 is 4.39 Å². The summed E-state index contributed by atoms with van der Waals surface area (Å²) >= 11 is 0. The molecular formula is C13H21FN2. The summed E-state index contributed by atoms with van der Waals surface area (Å²) in [5, 5.41) is 3.27. The Morgan fingerprint density at radius 2 is 2.06 bits per heavy atom. The van der Waals surface area contributed by atoms with Gasteiger partial charge in [-0.15, -0.1) is 0 Å². The van der Waals surface area contributed by atoms with Gasteiger partial charge in [0.05, 0.1) is 0 Å². The van der Waals surface area contributed by atoms with E-state index in [0.29, 0.717) is 18.4 Å². The molecule has 0 amide bonds. The highest BCUT2D eigenvalue weighted by Gasteiger charge is 2.11. The molecule has 0 fully saturated rings. The van der Waals surface area contributed by atoms with Crippen molar-refractivity contribution in [2.75, 3.05) is 18.4 Å². The molecule has 0 spiro atoms. The van der Waals surface area contributed by atoms with Crippen molar-refractivity contribution >= 4 is 5.69 Å². The van der Waals surface area contributed by atoms with E-state index in [0.717, 1.165) is 17.8 Å². The van der Waals surface area contributed by atoms with Gasteiger partial charge in [-0.25, -0.2) is 4.39 Å². The molecular weight excluding hydrogens is 203 g/mol. The van der Waals surface area contributed by atoms with Crippen molar-refractivity contribution in [2.45, 2.75) is 20.8 Å². The van der Waals surface area contributed by atoms with Gasteiger partial charge >= 0.3 is 0 Å². The Balaban J connectivity index is 2.63. The van der Waals surface area contributed by atoms with Crippen LogP contribution in [-0.2, 0) is 0 Å². The van der Waals surface area contributed by atoms with Crippen LogP contribution < -0.4 is 11.1 Å². The maximum absolute atomic E-state index is 13.0. The van der Waals surface area contributed by atoms with Gasteiger partial charge in [0.1, 0.15) is 5.82 Å². The van der Waals surface area contributed by atoms with Gasteiger partial charge in [0.15, 0.2) is 0 Å². The Kier molecular flexibility index (Phi) is 4.74. The lowest BCUT2D eigenvalue weighted by molar-refractivity contribution is 0.413. The third-order valence-electron chi connectivity index (χ3n) is 3.00. The SMILES string of the molecule is Cc1ccc(F)cc1NCC(CN)C(C)C. The van der Waals surface area contributed by atoms with Gasteiger partial charge in [-0.05, 0) is 43.0 Å². The Morgan fingerprint density at radius 3 is 2.62 bits per heavy atom. The molecule has 1 aromatic carbocycles. The molecule has 1 rings (SSSR count). The number of benzene rings is 1. The van der Waals surface area contributed by atoms with E-state index in [2.05, 4.69) is 19.2 Å². The van der Waals surface area contributed by atoms with Crippen LogP contribution in [0.5, 0.6) is 0 Å². The lowest BCUT2D eigenvalue weighted by Gasteiger charge is -2.20. The third kappa shape index (κ3) is 3.49. The first kappa shape index (κ1) is 13.0. The fourth-order valence-electron chi connectivity index (χ4n) is 1.62. The molecule has 0 aliphatic heterocycles. The van der Waals surface area contributed by atoms with Crippen LogP contribution in [0.2, 0.25) is 0 Å². The van der Waals surface area contributed by atoms with E-state index in [1.807, 2.05) is 6.92 Å². The first-order valence-electron chi connectivity index (χ1n) is 5.74. The molecule has 90 valence electrons. The van der Waals surface area contributed by atoms with E-state index in [1.165, 1.54) is 12.1 Å². The van der Waals surface area contributed by atoms with Crippen molar-refractivity contribution in [1.82, 2.24) is 0 Å². The number of rotatable bonds is 5. The molecule has 3 N–H and O–H groups in total. The highest BCUT2D eigenvalue weighted by Crippen LogP contribution is 2.17. The topological polar surface area (TPSA) is 38.0 Å². The molecule has 1 atom stereocenters. The summed E-state index contributed by atoms with van der Waals surface area (Å²) in [6, 6.07) is 4.79. The fraction of sp³-hybridized carbons (Fsp3) is 0.538. The number of hydrogen-bond donors (Lipinski definition) is 2. The zero-order valence-electron chi connectivity index (χ0n) is 10.3. The molecule has 0 saturated carbocycles. The number of aryl methyl sites for hydroxylation is 1. The van der Waals surface area contributed by atoms with E-state index in [9.17, 15) is 4.39 Å². The lowest BCUT2D eigenvalue weighted by Crippen LogP contribution is -2.27. The van der Waals surface area contributed by atoms with Crippen LogP contribution in [0.1, 0.15) is 19.4 Å². The van der Waals surface area contributed by atoms with Crippen LogP contribution in [-0.4, -0.2) is 13.1 Å². The maximum atomic E-state index is 13.0. The van der Waals surface area contributed by atoms with Gasteiger partial charge in [-0.2, -0.15) is 0 Å². The molecule has 2 nitrogen and oxygen atoms in total. The number of halogens is 1. The molecule has 0 heterocycles. The number of nitrogens with one attached hydrogen (secondary N) is 1. The van der Waals surface area contributed by atoms with E-state index in [-0.39, 0.29) is 5.82 Å². The molecule has 0 aliphatic carbocycles. The van der Waals surface area contributed by atoms with Crippen molar-refractivity contribution in [3.8, 4) is 0 Å². The fourth-order valence-corrected chi connectivity index (χ4v) is 1.62. The van der Waals surface area contributed by atoms with Gasteiger partial charge in [-0.3, -0.25) is 0 Å². The smallest absolute Gasteiger partial charge is 0.125 e. The second-order valence-electron chi connectivity index (χ2n) is 4.58. The van der Waals surface area contributed by atoms with Crippen molar-refractivity contribution in [3.63, 3.8) is 0 Å². The Hall–Kier alpha value is -1.09. The lowest BCUT2D eigenvalue weighted by atomic mass is 9.96. The second-order valence-corrected chi connectivity index (χ2v) is 4.58. The highest BCUT2D eigenvalue weighted by molar-refractivity contribution is 5.50. The minimum Gasteiger partial charge on any atom is -0.384 e. The third-order valence-corrected chi connectivity index (χ3v) is 3.00. The molecule has 3 heteroatoms.